The number of hydrogen-bond donors (Lipinski definition) is 1. The molecule has 5 heteroatoms. The van der Waals surface area contributed by atoms with E-state index < -0.39 is 11.6 Å². The quantitative estimate of drug-likeness (QED) is 0.352. The highest BCUT2D eigenvalue weighted by molar-refractivity contribution is 5.81. The van der Waals surface area contributed by atoms with Crippen LogP contribution in [0.4, 0.5) is 0 Å². The van der Waals surface area contributed by atoms with Gasteiger partial charge in [-0.2, -0.15) is 0 Å². The van der Waals surface area contributed by atoms with Gasteiger partial charge in [0.1, 0.15) is 12.4 Å². The zero-order valence-corrected chi connectivity index (χ0v) is 18.1. The van der Waals surface area contributed by atoms with Gasteiger partial charge in [0.25, 0.3) is 0 Å². The first-order valence-corrected chi connectivity index (χ1v) is 11.8. The van der Waals surface area contributed by atoms with E-state index in [1.54, 1.807) is 0 Å². The summed E-state index contributed by atoms with van der Waals surface area (Å²) in [6, 6.07) is 9.37. The first kappa shape index (κ1) is 23.0. The molecule has 1 saturated carbocycles. The van der Waals surface area contributed by atoms with Crippen LogP contribution in [-0.2, 0) is 19.9 Å². The Kier molecular flexibility index (Phi) is 8.88. The Labute approximate surface area is 180 Å². The van der Waals surface area contributed by atoms with Crippen molar-refractivity contribution in [3.8, 4) is 0 Å². The van der Waals surface area contributed by atoms with Crippen LogP contribution in [0, 0.1) is 5.92 Å². The molecule has 0 radical (unpaired) electrons. The lowest BCUT2D eigenvalue weighted by Gasteiger charge is -2.39. The zero-order valence-electron chi connectivity index (χ0n) is 18.1. The summed E-state index contributed by atoms with van der Waals surface area (Å²) in [6.07, 6.45) is 11.3. The predicted octanol–water partition coefficient (Wildman–Crippen LogP) is 4.22. The van der Waals surface area contributed by atoms with Crippen molar-refractivity contribution in [2.45, 2.75) is 82.3 Å². The van der Waals surface area contributed by atoms with Crippen LogP contribution in [0.1, 0.15) is 76.2 Å². The van der Waals surface area contributed by atoms with Crippen molar-refractivity contribution < 1.29 is 19.4 Å². The summed E-state index contributed by atoms with van der Waals surface area (Å²) in [4.78, 5) is 26.1. The molecule has 166 valence electrons. The van der Waals surface area contributed by atoms with E-state index in [4.69, 9.17) is 4.74 Å². The number of rotatable bonds is 10. The van der Waals surface area contributed by atoms with Crippen LogP contribution in [0.3, 0.4) is 0 Å². The van der Waals surface area contributed by atoms with Gasteiger partial charge in [0.15, 0.2) is 5.60 Å². The molecule has 3 rings (SSSR count). The summed E-state index contributed by atoms with van der Waals surface area (Å²) in [6.45, 7) is 2.87. The lowest BCUT2D eigenvalue weighted by atomic mass is 9.73. The number of carbonyl (C=O) groups excluding carboxylic acids is 2. The van der Waals surface area contributed by atoms with Crippen molar-refractivity contribution >= 4 is 12.3 Å². The second-order valence-electron chi connectivity index (χ2n) is 8.93. The van der Waals surface area contributed by atoms with E-state index in [0.717, 1.165) is 83.7 Å². The molecule has 0 aromatic heterocycles. The molecule has 1 atom stereocenters. The second-order valence-corrected chi connectivity index (χ2v) is 8.93. The van der Waals surface area contributed by atoms with Crippen LogP contribution in [0.15, 0.2) is 30.3 Å². The monoisotopic (exact) mass is 415 g/mol. The zero-order chi connectivity index (χ0) is 21.2. The summed E-state index contributed by atoms with van der Waals surface area (Å²) in [5.41, 5.74) is -0.883. The van der Waals surface area contributed by atoms with Crippen molar-refractivity contribution in [3.05, 3.63) is 35.9 Å². The lowest BCUT2D eigenvalue weighted by molar-refractivity contribution is -0.183. The molecule has 2 aliphatic rings. The highest BCUT2D eigenvalue weighted by atomic mass is 16.6. The molecule has 1 aromatic rings. The summed E-state index contributed by atoms with van der Waals surface area (Å²) in [7, 11) is 0. The molecule has 5 nitrogen and oxygen atoms in total. The first-order valence-electron chi connectivity index (χ1n) is 11.8. The Balaban J connectivity index is 1.54. The normalized spacial score (nSPS) is 21.1. The minimum Gasteiger partial charge on any atom is -0.460 e. The van der Waals surface area contributed by atoms with Gasteiger partial charge in [-0.1, -0.05) is 56.0 Å². The second kappa shape index (κ2) is 11.6. The average Bonchev–Trinajstić information content (AvgIpc) is 2.80. The molecule has 30 heavy (non-hydrogen) atoms. The Bertz CT molecular complexity index is 650. The highest BCUT2D eigenvalue weighted by Gasteiger charge is 2.47. The average molecular weight is 416 g/mol. The third kappa shape index (κ3) is 5.92. The number of hydrogen-bond acceptors (Lipinski definition) is 5. The molecule has 1 aromatic carbocycles. The maximum Gasteiger partial charge on any atom is 0.343 e. The Morgan fingerprint density at radius 2 is 1.73 bits per heavy atom. The summed E-state index contributed by atoms with van der Waals surface area (Å²) in [5.74, 6) is -0.541. The van der Waals surface area contributed by atoms with Gasteiger partial charge in [0.05, 0.1) is 0 Å². The van der Waals surface area contributed by atoms with Crippen molar-refractivity contribution in [2.24, 2.45) is 5.92 Å². The fourth-order valence-electron chi connectivity index (χ4n) is 4.96. The highest BCUT2D eigenvalue weighted by Crippen LogP contribution is 2.40. The maximum atomic E-state index is 13.3. The topological polar surface area (TPSA) is 66.8 Å². The minimum atomic E-state index is -1.54. The van der Waals surface area contributed by atoms with Crippen LogP contribution in [0.25, 0.3) is 0 Å². The lowest BCUT2D eigenvalue weighted by Crippen LogP contribution is -2.47. The molecule has 0 spiro atoms. The van der Waals surface area contributed by atoms with E-state index in [1.807, 2.05) is 30.3 Å². The molecule has 0 amide bonds. The molecule has 1 N–H and O–H groups in total. The number of benzene rings is 1. The number of esters is 1. The van der Waals surface area contributed by atoms with E-state index in [0.29, 0.717) is 12.0 Å². The number of ether oxygens (including phenoxy) is 1. The molecular weight excluding hydrogens is 378 g/mol. The van der Waals surface area contributed by atoms with Gasteiger partial charge >= 0.3 is 5.97 Å². The molecular formula is C25H37NO4. The Morgan fingerprint density at radius 1 is 1.03 bits per heavy atom. The molecule has 1 unspecified atom stereocenters. The van der Waals surface area contributed by atoms with Crippen molar-refractivity contribution in [1.82, 2.24) is 4.90 Å². The standard InChI is InChI=1S/C25H37NO4/c27-20-10-2-1-9-17-26-18-15-23(16-19-26)30-24(28)25(29,21-11-5-3-6-12-21)22-13-7-4-8-14-22/h3,5-6,11-12,20,22-23,29H,1-2,4,7-10,13-19H2. The number of piperidine rings is 1. The summed E-state index contributed by atoms with van der Waals surface area (Å²) >= 11 is 0. The fraction of sp³-hybridized carbons (Fsp3) is 0.680. The van der Waals surface area contributed by atoms with Gasteiger partial charge in [-0.3, -0.25) is 0 Å². The maximum absolute atomic E-state index is 13.3. The van der Waals surface area contributed by atoms with E-state index in [-0.39, 0.29) is 12.0 Å². The number of likely N-dealkylation sites (tertiary alicyclic amines) is 1. The molecule has 1 heterocycles. The number of unbranched alkanes of at least 4 members (excludes halogenated alkanes) is 3. The van der Waals surface area contributed by atoms with Crippen molar-refractivity contribution in [3.63, 3.8) is 0 Å². The van der Waals surface area contributed by atoms with Gasteiger partial charge in [-0.05, 0) is 50.6 Å². The SMILES string of the molecule is O=CCCCCCN1CCC(OC(=O)C(O)(c2ccccc2)C2CCCCC2)CC1. The van der Waals surface area contributed by atoms with Crippen LogP contribution in [0.5, 0.6) is 0 Å². The number of aliphatic hydroxyl groups is 1. The van der Waals surface area contributed by atoms with E-state index in [9.17, 15) is 14.7 Å². The number of aldehydes is 1. The van der Waals surface area contributed by atoms with Gasteiger partial charge in [-0.25, -0.2) is 4.79 Å². The third-order valence-electron chi connectivity index (χ3n) is 6.83. The van der Waals surface area contributed by atoms with Crippen LogP contribution >= 0.6 is 0 Å². The van der Waals surface area contributed by atoms with Gasteiger partial charge in [0, 0.05) is 25.4 Å². The third-order valence-corrected chi connectivity index (χ3v) is 6.83. The van der Waals surface area contributed by atoms with E-state index >= 15 is 0 Å². The van der Waals surface area contributed by atoms with Crippen molar-refractivity contribution in [1.29, 1.82) is 0 Å². The first-order chi connectivity index (χ1) is 14.6. The predicted molar refractivity (Wildman–Crippen MR) is 117 cm³/mol. The van der Waals surface area contributed by atoms with Crippen LogP contribution in [0.2, 0.25) is 0 Å². The minimum absolute atomic E-state index is 0.0763. The largest absolute Gasteiger partial charge is 0.460 e. The number of carbonyl (C=O) groups is 2. The molecule has 1 saturated heterocycles. The molecule has 1 aliphatic heterocycles. The molecule has 1 aliphatic carbocycles. The van der Waals surface area contributed by atoms with Gasteiger partial charge in [-0.15, -0.1) is 0 Å². The van der Waals surface area contributed by atoms with Gasteiger partial charge in [0.2, 0.25) is 0 Å². The molecule has 0 bridgehead atoms. The van der Waals surface area contributed by atoms with Gasteiger partial charge < -0.3 is 19.5 Å². The molecule has 2 fully saturated rings. The van der Waals surface area contributed by atoms with Crippen LogP contribution < -0.4 is 0 Å². The fourth-order valence-corrected chi connectivity index (χ4v) is 4.96. The van der Waals surface area contributed by atoms with E-state index in [1.165, 1.54) is 6.42 Å². The Hall–Kier alpha value is -1.72. The van der Waals surface area contributed by atoms with Crippen LogP contribution in [-0.4, -0.2) is 48.0 Å². The Morgan fingerprint density at radius 3 is 2.40 bits per heavy atom. The van der Waals surface area contributed by atoms with Crippen molar-refractivity contribution in [2.75, 3.05) is 19.6 Å². The number of nitrogens with zero attached hydrogens (tertiary/aromatic N) is 1. The smallest absolute Gasteiger partial charge is 0.343 e. The summed E-state index contributed by atoms with van der Waals surface area (Å²) < 4.78 is 5.92. The summed E-state index contributed by atoms with van der Waals surface area (Å²) in [5, 5.41) is 11.6. The van der Waals surface area contributed by atoms with E-state index in [2.05, 4.69) is 4.90 Å².